The molecule has 23 heavy (non-hydrogen) atoms. The van der Waals surface area contributed by atoms with Gasteiger partial charge in [0.05, 0.1) is 13.2 Å². The van der Waals surface area contributed by atoms with E-state index in [1.807, 2.05) is 18.2 Å². The van der Waals surface area contributed by atoms with Gasteiger partial charge in [0.2, 0.25) is 0 Å². The second-order valence-corrected chi connectivity index (χ2v) is 5.78. The van der Waals surface area contributed by atoms with E-state index >= 15 is 0 Å². The monoisotopic (exact) mass is 298 g/mol. The molecule has 1 heteroatoms. The first-order valence-corrected chi connectivity index (χ1v) is 7.93. The summed E-state index contributed by atoms with van der Waals surface area (Å²) in [5, 5.41) is 5.09. The van der Waals surface area contributed by atoms with Gasteiger partial charge >= 0.3 is 0 Å². The smallest absolute Gasteiger partial charge is 0.0733 e. The minimum atomic E-state index is 0.622. The summed E-state index contributed by atoms with van der Waals surface area (Å²) in [6.45, 7) is 1.26. The minimum absolute atomic E-state index is 0.622. The molecule has 4 rings (SSSR count). The Balaban J connectivity index is 1.71. The van der Waals surface area contributed by atoms with Gasteiger partial charge in [-0.05, 0) is 38.7 Å². The van der Waals surface area contributed by atoms with E-state index in [2.05, 4.69) is 66.7 Å². The molecular weight excluding hydrogens is 280 g/mol. The van der Waals surface area contributed by atoms with Crippen LogP contribution in [0.1, 0.15) is 11.1 Å². The van der Waals surface area contributed by atoms with Crippen LogP contribution in [0.4, 0.5) is 0 Å². The van der Waals surface area contributed by atoms with Gasteiger partial charge in [0.15, 0.2) is 0 Å². The van der Waals surface area contributed by atoms with Crippen LogP contribution in [0.25, 0.3) is 21.5 Å². The molecule has 0 aliphatic heterocycles. The molecule has 0 amide bonds. The summed E-state index contributed by atoms with van der Waals surface area (Å²) in [5.74, 6) is 0. The van der Waals surface area contributed by atoms with E-state index in [9.17, 15) is 0 Å². The molecule has 0 N–H and O–H groups in total. The molecule has 0 aliphatic carbocycles. The van der Waals surface area contributed by atoms with Gasteiger partial charge in [0.1, 0.15) is 0 Å². The first kappa shape index (κ1) is 14.0. The van der Waals surface area contributed by atoms with Crippen LogP contribution in [0.3, 0.4) is 0 Å². The van der Waals surface area contributed by atoms with Crippen LogP contribution in [0.5, 0.6) is 0 Å². The number of benzene rings is 4. The molecule has 0 bridgehead atoms. The highest BCUT2D eigenvalue weighted by Crippen LogP contribution is 2.29. The van der Waals surface area contributed by atoms with E-state index in [1.54, 1.807) is 0 Å². The average molecular weight is 298 g/mol. The van der Waals surface area contributed by atoms with Crippen molar-refractivity contribution >= 4 is 21.5 Å². The van der Waals surface area contributed by atoms with Crippen molar-refractivity contribution in [3.05, 3.63) is 96.1 Å². The largest absolute Gasteiger partial charge is 0.372 e. The van der Waals surface area contributed by atoms with Gasteiger partial charge in [0, 0.05) is 0 Å². The zero-order chi connectivity index (χ0) is 15.5. The van der Waals surface area contributed by atoms with Crippen LogP contribution in [0.15, 0.2) is 84.9 Å². The Hall–Kier alpha value is -2.64. The molecule has 112 valence electrons. The molecule has 4 aromatic carbocycles. The molecule has 4 aromatic rings. The van der Waals surface area contributed by atoms with Crippen molar-refractivity contribution in [2.24, 2.45) is 0 Å². The van der Waals surface area contributed by atoms with E-state index in [1.165, 1.54) is 32.7 Å². The lowest BCUT2D eigenvalue weighted by Crippen LogP contribution is -1.96. The normalized spacial score (nSPS) is 11.1. The van der Waals surface area contributed by atoms with Crippen LogP contribution < -0.4 is 0 Å². The number of rotatable bonds is 4. The topological polar surface area (TPSA) is 9.23 Å². The van der Waals surface area contributed by atoms with E-state index in [-0.39, 0.29) is 0 Å². The SMILES string of the molecule is c1ccc(COCc2c3ccccc3cc3ccccc23)cc1. The quantitative estimate of drug-likeness (QED) is 0.438. The first-order chi connectivity index (χ1) is 11.4. The van der Waals surface area contributed by atoms with Crippen molar-refractivity contribution in [1.29, 1.82) is 0 Å². The van der Waals surface area contributed by atoms with Crippen molar-refractivity contribution < 1.29 is 4.74 Å². The molecule has 1 nitrogen and oxygen atoms in total. The summed E-state index contributed by atoms with van der Waals surface area (Å²) in [7, 11) is 0. The second kappa shape index (κ2) is 6.23. The maximum absolute atomic E-state index is 6.02. The van der Waals surface area contributed by atoms with Gasteiger partial charge in [0.25, 0.3) is 0 Å². The van der Waals surface area contributed by atoms with Crippen LogP contribution in [0.2, 0.25) is 0 Å². The van der Waals surface area contributed by atoms with Gasteiger partial charge in [-0.2, -0.15) is 0 Å². The van der Waals surface area contributed by atoms with Crippen molar-refractivity contribution in [1.82, 2.24) is 0 Å². The van der Waals surface area contributed by atoms with Gasteiger partial charge in [-0.15, -0.1) is 0 Å². The Morgan fingerprint density at radius 1 is 0.565 bits per heavy atom. The lowest BCUT2D eigenvalue weighted by atomic mass is 9.97. The average Bonchev–Trinajstić information content (AvgIpc) is 2.62. The number of hydrogen-bond acceptors (Lipinski definition) is 1. The third kappa shape index (κ3) is 2.84. The van der Waals surface area contributed by atoms with Crippen LogP contribution in [0, 0.1) is 0 Å². The molecule has 0 fully saturated rings. The molecule has 0 spiro atoms. The summed E-state index contributed by atoms with van der Waals surface area (Å²) < 4.78 is 6.02. The molecular formula is C22H18O. The zero-order valence-electron chi connectivity index (χ0n) is 12.9. The summed E-state index contributed by atoms with van der Waals surface area (Å²) in [5.41, 5.74) is 2.48. The highest BCUT2D eigenvalue weighted by molar-refractivity contribution is 6.02. The van der Waals surface area contributed by atoms with Crippen molar-refractivity contribution in [2.45, 2.75) is 13.2 Å². The zero-order valence-corrected chi connectivity index (χ0v) is 12.9. The standard InChI is InChI=1S/C22H18O/c1-2-8-17(9-3-1)15-23-16-22-20-12-6-4-10-18(20)14-19-11-5-7-13-21(19)22/h1-14H,15-16H2. The van der Waals surface area contributed by atoms with E-state index in [0.29, 0.717) is 13.2 Å². The summed E-state index contributed by atoms with van der Waals surface area (Å²) in [6, 6.07) is 29.7. The lowest BCUT2D eigenvalue weighted by molar-refractivity contribution is 0.109. The molecule has 0 atom stereocenters. The van der Waals surface area contributed by atoms with E-state index in [4.69, 9.17) is 4.74 Å². The highest BCUT2D eigenvalue weighted by atomic mass is 16.5. The summed E-state index contributed by atoms with van der Waals surface area (Å²) >= 11 is 0. The molecule has 0 unspecified atom stereocenters. The summed E-state index contributed by atoms with van der Waals surface area (Å²) in [4.78, 5) is 0. The minimum Gasteiger partial charge on any atom is -0.372 e. The van der Waals surface area contributed by atoms with Crippen molar-refractivity contribution in [2.75, 3.05) is 0 Å². The van der Waals surface area contributed by atoms with E-state index in [0.717, 1.165) is 0 Å². The fraction of sp³-hybridized carbons (Fsp3) is 0.0909. The third-order valence-electron chi connectivity index (χ3n) is 4.24. The van der Waals surface area contributed by atoms with Crippen LogP contribution in [-0.4, -0.2) is 0 Å². The van der Waals surface area contributed by atoms with Crippen LogP contribution >= 0.6 is 0 Å². The Morgan fingerprint density at radius 3 is 1.78 bits per heavy atom. The predicted molar refractivity (Wildman–Crippen MR) is 96.4 cm³/mol. The van der Waals surface area contributed by atoms with Crippen molar-refractivity contribution in [3.8, 4) is 0 Å². The summed E-state index contributed by atoms with van der Waals surface area (Å²) in [6.07, 6.45) is 0. The maximum Gasteiger partial charge on any atom is 0.0733 e. The lowest BCUT2D eigenvalue weighted by Gasteiger charge is -2.12. The Labute approximate surface area is 136 Å². The Kier molecular flexibility index (Phi) is 3.79. The van der Waals surface area contributed by atoms with Crippen molar-refractivity contribution in [3.63, 3.8) is 0 Å². The fourth-order valence-corrected chi connectivity index (χ4v) is 3.11. The van der Waals surface area contributed by atoms with Gasteiger partial charge in [-0.1, -0.05) is 78.9 Å². The molecule has 0 radical (unpaired) electrons. The Morgan fingerprint density at radius 2 is 1.13 bits per heavy atom. The van der Waals surface area contributed by atoms with Crippen LogP contribution in [-0.2, 0) is 18.0 Å². The number of hydrogen-bond donors (Lipinski definition) is 0. The third-order valence-corrected chi connectivity index (χ3v) is 4.24. The number of ether oxygens (including phenoxy) is 1. The van der Waals surface area contributed by atoms with E-state index < -0.39 is 0 Å². The predicted octanol–water partition coefficient (Wildman–Crippen LogP) is 5.71. The maximum atomic E-state index is 6.02. The molecule has 0 aliphatic rings. The second-order valence-electron chi connectivity index (χ2n) is 5.78. The first-order valence-electron chi connectivity index (χ1n) is 7.93. The van der Waals surface area contributed by atoms with Gasteiger partial charge in [-0.3, -0.25) is 0 Å². The van der Waals surface area contributed by atoms with Gasteiger partial charge in [-0.25, -0.2) is 0 Å². The fourth-order valence-electron chi connectivity index (χ4n) is 3.11. The molecule has 0 aromatic heterocycles. The highest BCUT2D eigenvalue weighted by Gasteiger charge is 2.07. The Bertz CT molecular complexity index is 888. The molecule has 0 heterocycles. The molecule has 0 saturated heterocycles. The molecule has 0 saturated carbocycles. The number of fused-ring (bicyclic) bond motifs is 2. The van der Waals surface area contributed by atoms with Gasteiger partial charge < -0.3 is 4.74 Å².